The molecule has 1 amide bonds. The van der Waals surface area contributed by atoms with Crippen LogP contribution >= 0.6 is 11.6 Å². The molecule has 4 atom stereocenters. The lowest BCUT2D eigenvalue weighted by Crippen LogP contribution is -2.36. The topological polar surface area (TPSA) is 182 Å². The summed E-state index contributed by atoms with van der Waals surface area (Å²) in [7, 11) is 0. The number of carbonyl (C=O) groups excluding carboxylic acids is 2. The third kappa shape index (κ3) is 6.03. The normalized spacial score (nSPS) is 22.1. The number of benzene rings is 1. The molecular weight excluding hydrogens is 516 g/mol. The van der Waals surface area contributed by atoms with Crippen LogP contribution in [0.4, 0.5) is 0 Å². The van der Waals surface area contributed by atoms with Crippen LogP contribution in [0.1, 0.15) is 41.3 Å². The van der Waals surface area contributed by atoms with Crippen LogP contribution in [0.15, 0.2) is 30.5 Å². The van der Waals surface area contributed by atoms with Gasteiger partial charge in [0, 0.05) is 28.3 Å². The zero-order valence-electron chi connectivity index (χ0n) is 19.3. The van der Waals surface area contributed by atoms with E-state index in [1.54, 1.807) is 25.3 Å². The number of carbonyl (C=O) groups is 2. The number of hydrogen-bond donors (Lipinski definition) is 1. The van der Waals surface area contributed by atoms with Crippen LogP contribution in [0, 0.1) is 33.1 Å². The van der Waals surface area contributed by atoms with Gasteiger partial charge in [0.15, 0.2) is 5.75 Å². The summed E-state index contributed by atoms with van der Waals surface area (Å²) >= 11 is 5.96. The Morgan fingerprint density at radius 3 is 2.35 bits per heavy atom. The molecule has 1 aliphatic heterocycles. The molecule has 0 spiro atoms. The molecule has 1 aromatic heterocycles. The Labute approximate surface area is 214 Å². The van der Waals surface area contributed by atoms with Crippen molar-refractivity contribution in [2.75, 3.05) is 6.54 Å². The molecule has 1 N–H and O–H groups in total. The van der Waals surface area contributed by atoms with E-state index in [0.717, 1.165) is 11.1 Å². The summed E-state index contributed by atoms with van der Waals surface area (Å²) in [5.41, 5.74) is 2.70. The van der Waals surface area contributed by atoms with Crippen molar-refractivity contribution in [2.45, 2.75) is 44.7 Å². The lowest BCUT2D eigenvalue weighted by Gasteiger charge is -2.14. The smallest absolute Gasteiger partial charge is 0.330 e. The number of ether oxygens (including phenoxy) is 2. The molecule has 15 heteroatoms. The third-order valence-electron chi connectivity index (χ3n) is 6.08. The number of aryl methyl sites for hydroxylation is 1. The highest BCUT2D eigenvalue weighted by Crippen LogP contribution is 2.41. The van der Waals surface area contributed by atoms with E-state index in [1.807, 2.05) is 12.1 Å². The van der Waals surface area contributed by atoms with Gasteiger partial charge in [-0.25, -0.2) is 4.79 Å². The molecule has 1 aromatic carbocycles. The molecular formula is C22H21ClN4O10. The van der Waals surface area contributed by atoms with Crippen LogP contribution < -0.4 is 10.1 Å². The number of esters is 1. The second-order valence-corrected chi connectivity index (χ2v) is 8.88. The highest BCUT2D eigenvalue weighted by atomic mass is 35.5. The van der Waals surface area contributed by atoms with E-state index in [0.29, 0.717) is 16.3 Å². The van der Waals surface area contributed by atoms with Gasteiger partial charge in [0.05, 0.1) is 12.3 Å². The molecule has 0 bridgehead atoms. The quantitative estimate of drug-likeness (QED) is 0.282. The number of nitrogens with zero attached hydrogens (tertiary/aromatic N) is 3. The van der Waals surface area contributed by atoms with Crippen LogP contribution in [0.5, 0.6) is 5.75 Å². The Balaban J connectivity index is 1.38. The van der Waals surface area contributed by atoms with Crippen LogP contribution in [-0.2, 0) is 30.6 Å². The van der Waals surface area contributed by atoms with E-state index in [9.17, 15) is 29.8 Å². The van der Waals surface area contributed by atoms with E-state index < -0.39 is 52.8 Å². The first-order valence-corrected chi connectivity index (χ1v) is 11.5. The molecule has 2 heterocycles. The second-order valence-electron chi connectivity index (χ2n) is 8.44. The minimum Gasteiger partial charge on any atom is -0.423 e. The maximum atomic E-state index is 12.5. The summed E-state index contributed by atoms with van der Waals surface area (Å²) in [5.74, 6) is -2.10. The van der Waals surface area contributed by atoms with Crippen molar-refractivity contribution in [1.29, 1.82) is 0 Å². The van der Waals surface area contributed by atoms with Gasteiger partial charge >= 0.3 is 5.97 Å². The summed E-state index contributed by atoms with van der Waals surface area (Å²) < 4.78 is 11.4. The maximum Gasteiger partial charge on any atom is 0.330 e. The summed E-state index contributed by atoms with van der Waals surface area (Å²) in [6, 6.07) is 7.14. The summed E-state index contributed by atoms with van der Waals surface area (Å²) in [6.45, 7) is 1.33. The SMILES string of the molecule is Cc1ncc2c(c1OC(=O)CNC(=O)C1C[C@H](O[N+](=O)[O-])[C@H](O[N+](=O)[O-])C1)COC2c1ccc(Cl)cc1. The molecule has 2 aromatic rings. The van der Waals surface area contributed by atoms with E-state index in [4.69, 9.17) is 21.1 Å². The van der Waals surface area contributed by atoms with Crippen LogP contribution in [-0.4, -0.2) is 45.8 Å². The van der Waals surface area contributed by atoms with Crippen molar-refractivity contribution in [3.63, 3.8) is 0 Å². The lowest BCUT2D eigenvalue weighted by molar-refractivity contribution is -0.797. The average Bonchev–Trinajstić information content (AvgIpc) is 3.43. The van der Waals surface area contributed by atoms with E-state index in [-0.39, 0.29) is 25.2 Å². The number of halogens is 1. The van der Waals surface area contributed by atoms with Crippen LogP contribution in [0.3, 0.4) is 0 Å². The first-order chi connectivity index (χ1) is 17.6. The molecule has 2 unspecified atom stereocenters. The third-order valence-corrected chi connectivity index (χ3v) is 6.33. The van der Waals surface area contributed by atoms with Gasteiger partial charge in [-0.15, -0.1) is 20.2 Å². The van der Waals surface area contributed by atoms with Crippen molar-refractivity contribution in [1.82, 2.24) is 10.3 Å². The summed E-state index contributed by atoms with van der Waals surface area (Å²) in [4.78, 5) is 59.5. The Kier molecular flexibility index (Phi) is 7.69. The summed E-state index contributed by atoms with van der Waals surface area (Å²) in [5, 5.41) is 22.1. The van der Waals surface area contributed by atoms with Gasteiger partial charge in [0.1, 0.15) is 24.9 Å². The average molecular weight is 537 g/mol. The largest absolute Gasteiger partial charge is 0.423 e. The van der Waals surface area contributed by atoms with Crippen molar-refractivity contribution in [2.24, 2.45) is 5.92 Å². The predicted molar refractivity (Wildman–Crippen MR) is 122 cm³/mol. The van der Waals surface area contributed by atoms with Gasteiger partial charge in [-0.3, -0.25) is 9.78 Å². The van der Waals surface area contributed by atoms with Crippen LogP contribution in [0.2, 0.25) is 5.02 Å². The Bertz CT molecular complexity index is 1200. The Morgan fingerprint density at radius 2 is 1.76 bits per heavy atom. The van der Waals surface area contributed by atoms with Crippen molar-refractivity contribution in [3.05, 3.63) is 78.1 Å². The minimum atomic E-state index is -1.29. The first kappa shape index (κ1) is 26.0. The molecule has 196 valence electrons. The molecule has 14 nitrogen and oxygen atoms in total. The molecule has 2 aliphatic rings. The van der Waals surface area contributed by atoms with Gasteiger partial charge < -0.3 is 24.5 Å². The zero-order valence-corrected chi connectivity index (χ0v) is 20.1. The Morgan fingerprint density at radius 1 is 1.14 bits per heavy atom. The number of aromatic nitrogens is 1. The number of nitrogens with one attached hydrogen (secondary N) is 1. The van der Waals surface area contributed by atoms with Gasteiger partial charge in [-0.2, -0.15) is 0 Å². The molecule has 1 saturated carbocycles. The second kappa shape index (κ2) is 10.9. The number of pyridine rings is 1. The summed E-state index contributed by atoms with van der Waals surface area (Å²) in [6.07, 6.45) is -1.74. The Hall–Kier alpha value is -4.04. The van der Waals surface area contributed by atoms with Crippen molar-refractivity contribution >= 4 is 23.5 Å². The van der Waals surface area contributed by atoms with Gasteiger partial charge in [-0.05, 0) is 37.5 Å². The van der Waals surface area contributed by atoms with Gasteiger partial charge in [0.25, 0.3) is 10.2 Å². The fourth-order valence-corrected chi connectivity index (χ4v) is 4.53. The van der Waals surface area contributed by atoms with Crippen molar-refractivity contribution in [3.8, 4) is 5.75 Å². The molecule has 0 saturated heterocycles. The van der Waals surface area contributed by atoms with E-state index >= 15 is 0 Å². The predicted octanol–water partition coefficient (Wildman–Crippen LogP) is 2.25. The number of fused-ring (bicyclic) bond motifs is 1. The number of hydrogen-bond acceptors (Lipinski definition) is 11. The van der Waals surface area contributed by atoms with Gasteiger partial charge in [0.2, 0.25) is 5.91 Å². The molecule has 4 rings (SSSR count). The number of rotatable bonds is 9. The standard InChI is InChI=1S/C22H21ClN4O10/c1-11-20(16-10-34-21(15(16)8-24-11)12-2-4-14(23)5-3-12)35-19(28)9-25-22(29)13-6-17(36-26(30)31)18(7-13)37-27(32)33/h2-5,8,13,17-18,21H,6-7,9-10H2,1H3,(H,25,29)/t13?,17-,18+,21?. The molecule has 37 heavy (non-hydrogen) atoms. The van der Waals surface area contributed by atoms with E-state index in [2.05, 4.69) is 20.0 Å². The molecule has 1 fully saturated rings. The highest BCUT2D eigenvalue weighted by molar-refractivity contribution is 6.30. The monoisotopic (exact) mass is 536 g/mol. The molecule has 0 radical (unpaired) electrons. The van der Waals surface area contributed by atoms with Crippen molar-refractivity contribution < 1.29 is 38.9 Å². The first-order valence-electron chi connectivity index (χ1n) is 11.1. The minimum absolute atomic E-state index is 0.179. The lowest BCUT2D eigenvalue weighted by atomic mass is 10.0. The maximum absolute atomic E-state index is 12.5. The van der Waals surface area contributed by atoms with Crippen LogP contribution in [0.25, 0.3) is 0 Å². The van der Waals surface area contributed by atoms with E-state index in [1.165, 1.54) is 0 Å². The number of amides is 1. The fourth-order valence-electron chi connectivity index (χ4n) is 4.40. The fraction of sp³-hybridized carbons (Fsp3) is 0.409. The highest BCUT2D eigenvalue weighted by Gasteiger charge is 2.42. The van der Waals surface area contributed by atoms with Gasteiger partial charge in [-0.1, -0.05) is 23.7 Å². The zero-order chi connectivity index (χ0) is 26.7. The molecule has 1 aliphatic carbocycles.